The predicted molar refractivity (Wildman–Crippen MR) is 126 cm³/mol. The second-order valence-corrected chi connectivity index (χ2v) is 8.79. The largest absolute Gasteiger partial charge is 0.352 e. The normalized spacial score (nSPS) is 12.8. The number of halogens is 1. The lowest BCUT2D eigenvalue weighted by molar-refractivity contribution is -0.139. The summed E-state index contributed by atoms with van der Waals surface area (Å²) >= 11 is 1.48. The van der Waals surface area contributed by atoms with Gasteiger partial charge in [-0.25, -0.2) is 4.39 Å². The van der Waals surface area contributed by atoms with Gasteiger partial charge >= 0.3 is 0 Å². The van der Waals surface area contributed by atoms with Crippen LogP contribution < -0.4 is 5.32 Å². The third-order valence-electron chi connectivity index (χ3n) is 5.40. The molecule has 2 aromatic rings. The number of thioether (sulfide) groups is 1. The van der Waals surface area contributed by atoms with Crippen molar-refractivity contribution in [1.82, 2.24) is 10.2 Å². The average molecular weight is 445 g/mol. The third kappa shape index (κ3) is 7.69. The maximum atomic E-state index is 13.2. The highest BCUT2D eigenvalue weighted by Crippen LogP contribution is 2.19. The maximum absolute atomic E-state index is 13.2. The Morgan fingerprint density at radius 3 is 2.35 bits per heavy atom. The van der Waals surface area contributed by atoms with Crippen LogP contribution in [0.15, 0.2) is 48.5 Å². The fourth-order valence-corrected chi connectivity index (χ4v) is 4.12. The highest BCUT2D eigenvalue weighted by Gasteiger charge is 2.29. The van der Waals surface area contributed by atoms with Crippen LogP contribution in [0.2, 0.25) is 0 Å². The summed E-state index contributed by atoms with van der Waals surface area (Å²) in [5.41, 5.74) is 3.09. The molecule has 2 rings (SSSR count). The first-order valence-electron chi connectivity index (χ1n) is 10.8. The van der Waals surface area contributed by atoms with Crippen LogP contribution in [0, 0.1) is 12.7 Å². The van der Waals surface area contributed by atoms with Crippen molar-refractivity contribution in [1.29, 1.82) is 0 Å². The second-order valence-electron chi connectivity index (χ2n) is 7.81. The molecule has 1 N–H and O–H groups in total. The van der Waals surface area contributed by atoms with E-state index in [9.17, 15) is 14.0 Å². The van der Waals surface area contributed by atoms with Crippen LogP contribution in [0.1, 0.15) is 50.3 Å². The number of carbonyl (C=O) groups is 2. The van der Waals surface area contributed by atoms with E-state index in [-0.39, 0.29) is 29.4 Å². The van der Waals surface area contributed by atoms with Crippen LogP contribution in [-0.4, -0.2) is 34.6 Å². The Kier molecular flexibility index (Phi) is 10.0. The van der Waals surface area contributed by atoms with Crippen LogP contribution in [0.4, 0.5) is 4.39 Å². The fraction of sp³-hybridized carbons (Fsp3) is 0.440. The minimum absolute atomic E-state index is 0.0600. The Balaban J connectivity index is 2.14. The van der Waals surface area contributed by atoms with Gasteiger partial charge < -0.3 is 10.2 Å². The molecule has 0 spiro atoms. The standard InChI is InChI=1S/C25H33FN2O2S/c1-5-19(4)27-25(30)23(6-2)28(15-21-10-8-7-9-18(21)3)24(29)17-31-16-20-11-13-22(26)14-12-20/h7-14,19,23H,5-6,15-17H2,1-4H3,(H,27,30). The van der Waals surface area contributed by atoms with E-state index in [1.165, 1.54) is 23.9 Å². The molecule has 0 heterocycles. The van der Waals surface area contributed by atoms with Gasteiger partial charge in [-0.15, -0.1) is 11.8 Å². The smallest absolute Gasteiger partial charge is 0.243 e. The molecule has 0 bridgehead atoms. The molecule has 31 heavy (non-hydrogen) atoms. The molecular formula is C25H33FN2O2S. The Morgan fingerprint density at radius 2 is 1.74 bits per heavy atom. The molecule has 0 fully saturated rings. The second kappa shape index (κ2) is 12.5. The quantitative estimate of drug-likeness (QED) is 0.525. The SMILES string of the molecule is CCC(C)NC(=O)C(CC)N(Cc1ccccc1C)C(=O)CSCc1ccc(F)cc1. The van der Waals surface area contributed by atoms with Crippen molar-refractivity contribution in [2.75, 3.05) is 5.75 Å². The van der Waals surface area contributed by atoms with E-state index in [0.717, 1.165) is 23.1 Å². The third-order valence-corrected chi connectivity index (χ3v) is 6.38. The molecule has 6 heteroatoms. The minimum atomic E-state index is -0.521. The minimum Gasteiger partial charge on any atom is -0.352 e. The molecule has 2 aromatic carbocycles. The number of benzene rings is 2. The van der Waals surface area contributed by atoms with Crippen LogP contribution in [-0.2, 0) is 21.9 Å². The molecule has 0 radical (unpaired) electrons. The lowest BCUT2D eigenvalue weighted by atomic mass is 10.1. The van der Waals surface area contributed by atoms with Gasteiger partial charge in [-0.05, 0) is 55.5 Å². The van der Waals surface area contributed by atoms with Crippen molar-refractivity contribution in [3.8, 4) is 0 Å². The number of rotatable bonds is 11. The number of nitrogens with one attached hydrogen (secondary N) is 1. The van der Waals surface area contributed by atoms with Crippen LogP contribution >= 0.6 is 11.8 Å². The van der Waals surface area contributed by atoms with Gasteiger partial charge in [-0.1, -0.05) is 50.2 Å². The van der Waals surface area contributed by atoms with Gasteiger partial charge in [0.05, 0.1) is 5.75 Å². The number of hydrogen-bond donors (Lipinski definition) is 1. The Labute approximate surface area is 189 Å². The van der Waals surface area contributed by atoms with Gasteiger partial charge in [0.15, 0.2) is 0 Å². The monoisotopic (exact) mass is 444 g/mol. The summed E-state index contributed by atoms with van der Waals surface area (Å²) in [5.74, 6) is 0.423. The predicted octanol–water partition coefficient (Wildman–Crippen LogP) is 5.09. The number of amides is 2. The van der Waals surface area contributed by atoms with Crippen LogP contribution in [0.3, 0.4) is 0 Å². The maximum Gasteiger partial charge on any atom is 0.243 e. The van der Waals surface area contributed by atoms with E-state index >= 15 is 0 Å². The zero-order chi connectivity index (χ0) is 22.8. The van der Waals surface area contributed by atoms with Gasteiger partial charge in [0.1, 0.15) is 11.9 Å². The summed E-state index contributed by atoms with van der Waals surface area (Å²) in [6, 6.07) is 13.8. The highest BCUT2D eigenvalue weighted by atomic mass is 32.2. The van der Waals surface area contributed by atoms with E-state index in [2.05, 4.69) is 5.32 Å². The van der Waals surface area contributed by atoms with Crippen molar-refractivity contribution in [2.45, 2.75) is 64.9 Å². The van der Waals surface area contributed by atoms with E-state index in [1.54, 1.807) is 17.0 Å². The van der Waals surface area contributed by atoms with Gasteiger partial charge in [-0.3, -0.25) is 9.59 Å². The Bertz CT molecular complexity index is 857. The molecule has 0 saturated carbocycles. The average Bonchev–Trinajstić information content (AvgIpc) is 2.76. The zero-order valence-electron chi connectivity index (χ0n) is 18.9. The molecule has 4 nitrogen and oxygen atoms in total. The number of aryl methyl sites for hydroxylation is 1. The molecule has 2 atom stereocenters. The van der Waals surface area contributed by atoms with Gasteiger partial charge in [0.25, 0.3) is 0 Å². The summed E-state index contributed by atoms with van der Waals surface area (Å²) in [6.45, 7) is 8.34. The lowest BCUT2D eigenvalue weighted by Gasteiger charge is -2.32. The Hall–Kier alpha value is -2.34. The van der Waals surface area contributed by atoms with Crippen LogP contribution in [0.25, 0.3) is 0 Å². The van der Waals surface area contributed by atoms with E-state index in [4.69, 9.17) is 0 Å². The van der Waals surface area contributed by atoms with Crippen molar-refractivity contribution in [3.63, 3.8) is 0 Å². The van der Waals surface area contributed by atoms with Crippen LogP contribution in [0.5, 0.6) is 0 Å². The van der Waals surface area contributed by atoms with Gasteiger partial charge in [-0.2, -0.15) is 0 Å². The number of hydrogen-bond acceptors (Lipinski definition) is 3. The molecule has 0 saturated heterocycles. The van der Waals surface area contributed by atoms with Crippen molar-refractivity contribution in [2.24, 2.45) is 0 Å². The van der Waals surface area contributed by atoms with Crippen molar-refractivity contribution in [3.05, 3.63) is 71.0 Å². The van der Waals surface area contributed by atoms with Crippen molar-refractivity contribution >= 4 is 23.6 Å². The summed E-state index contributed by atoms with van der Waals surface area (Å²) in [5, 5.41) is 3.03. The van der Waals surface area contributed by atoms with Gasteiger partial charge in [0, 0.05) is 18.3 Å². The van der Waals surface area contributed by atoms with Crippen molar-refractivity contribution < 1.29 is 14.0 Å². The molecule has 0 aromatic heterocycles. The molecule has 2 amide bonds. The first kappa shape index (κ1) is 24.9. The number of nitrogens with zero attached hydrogens (tertiary/aromatic N) is 1. The Morgan fingerprint density at radius 1 is 1.06 bits per heavy atom. The highest BCUT2D eigenvalue weighted by molar-refractivity contribution is 7.99. The first-order valence-corrected chi connectivity index (χ1v) is 12.0. The molecule has 0 aliphatic heterocycles. The zero-order valence-corrected chi connectivity index (χ0v) is 19.7. The molecule has 2 unspecified atom stereocenters. The summed E-state index contributed by atoms with van der Waals surface area (Å²) in [4.78, 5) is 27.9. The fourth-order valence-electron chi connectivity index (χ4n) is 3.25. The first-order chi connectivity index (χ1) is 14.8. The molecule has 0 aliphatic carbocycles. The number of carbonyl (C=O) groups excluding carboxylic acids is 2. The molecular weight excluding hydrogens is 411 g/mol. The topological polar surface area (TPSA) is 49.4 Å². The summed E-state index contributed by atoms with van der Waals surface area (Å²) in [6.07, 6.45) is 1.38. The molecule has 168 valence electrons. The summed E-state index contributed by atoms with van der Waals surface area (Å²) < 4.78 is 13.1. The van der Waals surface area contributed by atoms with E-state index < -0.39 is 6.04 Å². The summed E-state index contributed by atoms with van der Waals surface area (Å²) in [7, 11) is 0. The molecule has 0 aliphatic rings. The lowest BCUT2D eigenvalue weighted by Crippen LogP contribution is -2.51. The van der Waals surface area contributed by atoms with Gasteiger partial charge in [0.2, 0.25) is 11.8 Å². The van der Waals surface area contributed by atoms with E-state index in [1.807, 2.05) is 52.0 Å². The van der Waals surface area contributed by atoms with E-state index in [0.29, 0.717) is 18.7 Å².